The van der Waals surface area contributed by atoms with Gasteiger partial charge in [-0.1, -0.05) is 0 Å². The molecule has 0 saturated carbocycles. The number of halogens is 3. The maximum atomic E-state index is 12.6. The van der Waals surface area contributed by atoms with E-state index in [1.54, 1.807) is 0 Å². The summed E-state index contributed by atoms with van der Waals surface area (Å²) in [6, 6.07) is 1.26. The van der Waals surface area contributed by atoms with Gasteiger partial charge in [-0.25, -0.2) is 22.2 Å². The van der Waals surface area contributed by atoms with Crippen LogP contribution < -0.4 is 0 Å². The lowest BCUT2D eigenvalue weighted by atomic mass is 10.1. The van der Waals surface area contributed by atoms with Gasteiger partial charge in [-0.05, 0) is 0 Å². The van der Waals surface area contributed by atoms with E-state index in [0.29, 0.717) is 6.20 Å². The topological polar surface area (TPSA) is 91.0 Å². The first kappa shape index (κ1) is 12.6. The van der Waals surface area contributed by atoms with Gasteiger partial charge in [0, 0.05) is 10.7 Å². The van der Waals surface area contributed by atoms with Crippen LogP contribution in [0.3, 0.4) is 0 Å². The van der Waals surface area contributed by atoms with Crippen LogP contribution in [0.4, 0.5) is 8.78 Å². The molecular formula is C7H3ClF2N2O3S. The number of hydrogen-bond donors (Lipinski definition) is 1. The summed E-state index contributed by atoms with van der Waals surface area (Å²) < 4.78 is 47.0. The van der Waals surface area contributed by atoms with Crippen LogP contribution in [0.1, 0.15) is 17.6 Å². The lowest BCUT2D eigenvalue weighted by Gasteiger charge is -2.07. The van der Waals surface area contributed by atoms with Gasteiger partial charge in [0.15, 0.2) is 10.8 Å². The molecule has 1 heterocycles. The average Bonchev–Trinajstić information content (AvgIpc) is 2.14. The molecule has 0 atom stereocenters. The Morgan fingerprint density at radius 3 is 2.50 bits per heavy atom. The van der Waals surface area contributed by atoms with Gasteiger partial charge in [0.1, 0.15) is 11.6 Å². The normalized spacial score (nSPS) is 11.4. The van der Waals surface area contributed by atoms with Crippen LogP contribution >= 0.6 is 10.7 Å². The van der Waals surface area contributed by atoms with E-state index < -0.39 is 37.4 Å². The standard InChI is InChI=1S/C7H3ClF2N2O3S/c8-16(14,15)7-5(6(9)10)3(1-11)4(13)2-12-7/h2,6,13H. The molecule has 86 valence electrons. The molecule has 1 aromatic heterocycles. The van der Waals surface area contributed by atoms with E-state index in [9.17, 15) is 17.2 Å². The maximum Gasteiger partial charge on any atom is 0.279 e. The predicted octanol–water partition coefficient (Wildman–Crippen LogP) is 1.52. The molecule has 0 aromatic carbocycles. The van der Waals surface area contributed by atoms with Crippen molar-refractivity contribution in [2.45, 2.75) is 11.5 Å². The molecule has 0 aliphatic heterocycles. The van der Waals surface area contributed by atoms with Gasteiger partial charge in [-0.3, -0.25) is 0 Å². The van der Waals surface area contributed by atoms with E-state index in [2.05, 4.69) is 4.98 Å². The lowest BCUT2D eigenvalue weighted by molar-refractivity contribution is 0.146. The Morgan fingerprint density at radius 1 is 1.56 bits per heavy atom. The van der Waals surface area contributed by atoms with E-state index in [1.165, 1.54) is 6.07 Å². The Hall–Kier alpha value is -1.46. The zero-order valence-electron chi connectivity index (χ0n) is 7.35. The molecule has 0 amide bonds. The molecule has 9 heteroatoms. The van der Waals surface area contributed by atoms with E-state index in [0.717, 1.165) is 0 Å². The largest absolute Gasteiger partial charge is 0.505 e. The van der Waals surface area contributed by atoms with Crippen molar-refractivity contribution >= 4 is 19.7 Å². The zero-order chi connectivity index (χ0) is 12.5. The van der Waals surface area contributed by atoms with Crippen molar-refractivity contribution in [2.75, 3.05) is 0 Å². The van der Waals surface area contributed by atoms with Gasteiger partial charge in [0.25, 0.3) is 15.5 Å². The van der Waals surface area contributed by atoms with Gasteiger partial charge in [0.05, 0.1) is 11.8 Å². The SMILES string of the molecule is N#Cc1c(O)cnc(S(=O)(=O)Cl)c1C(F)F. The van der Waals surface area contributed by atoms with Crippen LogP contribution in [-0.4, -0.2) is 18.5 Å². The van der Waals surface area contributed by atoms with Crippen molar-refractivity contribution in [3.8, 4) is 11.8 Å². The molecule has 0 saturated heterocycles. The number of nitriles is 1. The number of rotatable bonds is 2. The van der Waals surface area contributed by atoms with Crippen molar-refractivity contribution in [3.63, 3.8) is 0 Å². The average molecular weight is 269 g/mol. The maximum absolute atomic E-state index is 12.6. The minimum atomic E-state index is -4.51. The molecule has 1 aromatic rings. The monoisotopic (exact) mass is 268 g/mol. The Labute approximate surface area is 93.3 Å². The first-order chi connectivity index (χ1) is 7.29. The van der Waals surface area contributed by atoms with Crippen LogP contribution in [0.2, 0.25) is 0 Å². The van der Waals surface area contributed by atoms with Crippen LogP contribution in [0.25, 0.3) is 0 Å². The first-order valence-electron chi connectivity index (χ1n) is 3.63. The summed E-state index contributed by atoms with van der Waals surface area (Å²) in [6.07, 6.45) is -2.72. The molecular weight excluding hydrogens is 266 g/mol. The van der Waals surface area contributed by atoms with Crippen molar-refractivity contribution in [1.82, 2.24) is 4.98 Å². The number of aromatic nitrogens is 1. The molecule has 0 spiro atoms. The molecule has 0 fully saturated rings. The number of aromatic hydroxyl groups is 1. The number of nitrogens with zero attached hydrogens (tertiary/aromatic N) is 2. The number of alkyl halides is 2. The molecule has 0 unspecified atom stereocenters. The summed E-state index contributed by atoms with van der Waals surface area (Å²) in [6.45, 7) is 0. The van der Waals surface area contributed by atoms with Gasteiger partial charge >= 0.3 is 0 Å². The predicted molar refractivity (Wildman–Crippen MR) is 48.6 cm³/mol. The summed E-state index contributed by atoms with van der Waals surface area (Å²) in [5, 5.41) is 16.5. The van der Waals surface area contributed by atoms with Gasteiger partial charge in [-0.2, -0.15) is 5.26 Å². The third kappa shape index (κ3) is 2.20. The highest BCUT2D eigenvalue weighted by atomic mass is 35.7. The van der Waals surface area contributed by atoms with E-state index in [4.69, 9.17) is 21.1 Å². The Bertz CT molecular complexity index is 568. The van der Waals surface area contributed by atoms with Crippen LogP contribution in [0, 0.1) is 11.3 Å². The Kier molecular flexibility index (Phi) is 3.30. The minimum Gasteiger partial charge on any atom is -0.505 e. The van der Waals surface area contributed by atoms with Gasteiger partial charge in [-0.15, -0.1) is 0 Å². The second kappa shape index (κ2) is 4.19. The molecule has 0 radical (unpaired) electrons. The molecule has 1 rings (SSSR count). The van der Waals surface area contributed by atoms with Crippen molar-refractivity contribution in [3.05, 3.63) is 17.3 Å². The highest BCUT2D eigenvalue weighted by Crippen LogP contribution is 2.33. The number of pyridine rings is 1. The van der Waals surface area contributed by atoms with Crippen molar-refractivity contribution in [1.29, 1.82) is 5.26 Å². The summed E-state index contributed by atoms with van der Waals surface area (Å²) in [7, 11) is 0.365. The Balaban J connectivity index is 3.74. The van der Waals surface area contributed by atoms with Gasteiger partial charge < -0.3 is 5.11 Å². The van der Waals surface area contributed by atoms with Crippen LogP contribution in [-0.2, 0) is 9.05 Å². The summed E-state index contributed by atoms with van der Waals surface area (Å²) in [4.78, 5) is 3.08. The summed E-state index contributed by atoms with van der Waals surface area (Å²) in [5.74, 6) is -0.832. The summed E-state index contributed by atoms with van der Waals surface area (Å²) >= 11 is 0. The quantitative estimate of drug-likeness (QED) is 0.821. The lowest BCUT2D eigenvalue weighted by Crippen LogP contribution is -2.05. The van der Waals surface area contributed by atoms with Crippen molar-refractivity contribution in [2.24, 2.45) is 0 Å². The van der Waals surface area contributed by atoms with E-state index in [1.807, 2.05) is 0 Å². The molecule has 1 N–H and O–H groups in total. The highest BCUT2D eigenvalue weighted by molar-refractivity contribution is 8.13. The van der Waals surface area contributed by atoms with E-state index in [-0.39, 0.29) is 0 Å². The third-order valence-corrected chi connectivity index (χ3v) is 2.85. The first-order valence-corrected chi connectivity index (χ1v) is 5.94. The molecule has 0 aliphatic carbocycles. The van der Waals surface area contributed by atoms with Crippen molar-refractivity contribution < 1.29 is 22.3 Å². The fourth-order valence-electron chi connectivity index (χ4n) is 1.01. The smallest absolute Gasteiger partial charge is 0.279 e. The van der Waals surface area contributed by atoms with Gasteiger partial charge in [0.2, 0.25) is 0 Å². The second-order valence-corrected chi connectivity index (χ2v) is 5.07. The fourth-order valence-corrected chi connectivity index (χ4v) is 2.01. The molecule has 0 bridgehead atoms. The minimum absolute atomic E-state index is 0.569. The second-order valence-electron chi connectivity index (χ2n) is 2.59. The fraction of sp³-hybridized carbons (Fsp3) is 0.143. The number of hydrogen-bond acceptors (Lipinski definition) is 5. The van der Waals surface area contributed by atoms with E-state index >= 15 is 0 Å². The molecule has 5 nitrogen and oxygen atoms in total. The zero-order valence-corrected chi connectivity index (χ0v) is 8.93. The molecule has 0 aliphatic rings. The Morgan fingerprint density at radius 2 is 2.12 bits per heavy atom. The van der Waals surface area contributed by atoms with Crippen LogP contribution in [0.5, 0.6) is 5.75 Å². The highest BCUT2D eigenvalue weighted by Gasteiger charge is 2.28. The van der Waals surface area contributed by atoms with Crippen LogP contribution in [0.15, 0.2) is 11.2 Å². The third-order valence-electron chi connectivity index (χ3n) is 1.62. The molecule has 16 heavy (non-hydrogen) atoms. The summed E-state index contributed by atoms with van der Waals surface area (Å²) in [5.41, 5.74) is -2.05.